The van der Waals surface area contributed by atoms with Crippen LogP contribution in [0.2, 0.25) is 0 Å². The van der Waals surface area contributed by atoms with Gasteiger partial charge in [0.2, 0.25) is 0 Å². The molecule has 1 heterocycles. The van der Waals surface area contributed by atoms with E-state index in [1.165, 1.54) is 19.3 Å². The van der Waals surface area contributed by atoms with Gasteiger partial charge in [-0.25, -0.2) is 4.79 Å². The Morgan fingerprint density at radius 2 is 2.06 bits per heavy atom. The predicted molar refractivity (Wildman–Crippen MR) is 69.5 cm³/mol. The number of H-pyrrole nitrogens is 2. The molecule has 3 rings (SSSR count). The lowest BCUT2D eigenvalue weighted by Crippen LogP contribution is -2.12. The Balaban J connectivity index is 1.85. The maximum Gasteiger partial charge on any atom is 0.323 e. The minimum Gasteiger partial charge on any atom is -0.306 e. The Morgan fingerprint density at radius 3 is 2.76 bits per heavy atom. The van der Waals surface area contributed by atoms with Crippen molar-refractivity contribution in [2.45, 2.75) is 31.1 Å². The molecular formula is C13H15ClN2O. The van der Waals surface area contributed by atoms with Crippen LogP contribution in [0.3, 0.4) is 0 Å². The van der Waals surface area contributed by atoms with E-state index < -0.39 is 0 Å². The molecule has 1 fully saturated rings. The topological polar surface area (TPSA) is 48.6 Å². The second kappa shape index (κ2) is 4.22. The lowest BCUT2D eigenvalue weighted by atomic mass is 9.81. The number of aromatic nitrogens is 2. The van der Waals surface area contributed by atoms with Crippen molar-refractivity contribution in [2.75, 3.05) is 0 Å². The van der Waals surface area contributed by atoms with E-state index in [0.717, 1.165) is 28.9 Å². The van der Waals surface area contributed by atoms with E-state index >= 15 is 0 Å². The fraction of sp³-hybridized carbons (Fsp3) is 0.462. The quantitative estimate of drug-likeness (QED) is 0.807. The third-order valence-electron chi connectivity index (χ3n) is 3.67. The van der Waals surface area contributed by atoms with Crippen molar-refractivity contribution in [1.29, 1.82) is 0 Å². The first kappa shape index (κ1) is 10.9. The summed E-state index contributed by atoms with van der Waals surface area (Å²) in [4.78, 5) is 16.7. The summed E-state index contributed by atoms with van der Waals surface area (Å²) in [5.41, 5.74) is 2.61. The summed E-state index contributed by atoms with van der Waals surface area (Å²) in [5.74, 6) is 0.790. The third kappa shape index (κ3) is 2.12. The Bertz CT molecular complexity index is 582. The molecule has 1 atom stereocenters. The smallest absolute Gasteiger partial charge is 0.306 e. The van der Waals surface area contributed by atoms with E-state index in [4.69, 9.17) is 11.6 Å². The van der Waals surface area contributed by atoms with E-state index in [-0.39, 0.29) is 11.1 Å². The molecule has 0 aliphatic heterocycles. The van der Waals surface area contributed by atoms with Crippen LogP contribution in [0, 0.1) is 5.92 Å². The highest BCUT2D eigenvalue weighted by molar-refractivity contribution is 6.20. The summed E-state index contributed by atoms with van der Waals surface area (Å²) in [6, 6.07) is 5.89. The van der Waals surface area contributed by atoms with Crippen LogP contribution in [0.1, 0.15) is 36.6 Å². The van der Waals surface area contributed by atoms with Gasteiger partial charge in [0, 0.05) is 0 Å². The molecule has 1 unspecified atom stereocenters. The van der Waals surface area contributed by atoms with Gasteiger partial charge >= 0.3 is 5.69 Å². The van der Waals surface area contributed by atoms with E-state index in [0.29, 0.717) is 0 Å². The Morgan fingerprint density at radius 1 is 1.29 bits per heavy atom. The second-order valence-electron chi connectivity index (χ2n) is 4.88. The Labute approximate surface area is 104 Å². The maximum absolute atomic E-state index is 11.2. The van der Waals surface area contributed by atoms with Crippen molar-refractivity contribution in [1.82, 2.24) is 9.97 Å². The fourth-order valence-corrected chi connectivity index (χ4v) is 2.79. The highest BCUT2D eigenvalue weighted by Crippen LogP contribution is 2.37. The van der Waals surface area contributed by atoms with Crippen molar-refractivity contribution < 1.29 is 0 Å². The molecular weight excluding hydrogens is 236 g/mol. The van der Waals surface area contributed by atoms with Crippen LogP contribution in [0.4, 0.5) is 0 Å². The van der Waals surface area contributed by atoms with Crippen molar-refractivity contribution in [3.8, 4) is 0 Å². The molecule has 1 aromatic heterocycles. The van der Waals surface area contributed by atoms with Gasteiger partial charge < -0.3 is 9.97 Å². The highest BCUT2D eigenvalue weighted by atomic mass is 35.5. The number of alkyl halides is 1. The van der Waals surface area contributed by atoms with E-state index in [1.54, 1.807) is 0 Å². The minimum atomic E-state index is -0.165. The summed E-state index contributed by atoms with van der Waals surface area (Å²) < 4.78 is 0. The molecule has 0 amide bonds. The number of nitrogens with one attached hydrogen (secondary N) is 2. The van der Waals surface area contributed by atoms with E-state index in [2.05, 4.69) is 9.97 Å². The van der Waals surface area contributed by atoms with Crippen LogP contribution in [0.25, 0.3) is 11.0 Å². The van der Waals surface area contributed by atoms with Crippen LogP contribution in [-0.2, 0) is 0 Å². The van der Waals surface area contributed by atoms with Crippen LogP contribution < -0.4 is 5.69 Å². The normalized spacial score (nSPS) is 18.2. The standard InChI is InChI=1S/C13H15ClN2O/c14-10(6-8-2-1-3-8)9-4-5-11-12(7-9)16-13(17)15-11/h4-5,7-8,10H,1-3,6H2,(H2,15,16,17). The molecule has 0 spiro atoms. The average Bonchev–Trinajstić information content (AvgIpc) is 2.62. The zero-order chi connectivity index (χ0) is 11.8. The first-order valence-corrected chi connectivity index (χ1v) is 6.52. The first-order valence-electron chi connectivity index (χ1n) is 6.08. The van der Waals surface area contributed by atoms with Gasteiger partial charge in [-0.1, -0.05) is 25.3 Å². The molecule has 1 aliphatic carbocycles. The van der Waals surface area contributed by atoms with Crippen LogP contribution in [0.5, 0.6) is 0 Å². The molecule has 1 aliphatic rings. The van der Waals surface area contributed by atoms with Gasteiger partial charge in [-0.15, -0.1) is 11.6 Å². The van der Waals surface area contributed by atoms with Crippen LogP contribution in [0.15, 0.2) is 23.0 Å². The zero-order valence-corrected chi connectivity index (χ0v) is 10.3. The number of hydrogen-bond acceptors (Lipinski definition) is 1. The predicted octanol–water partition coefficient (Wildman–Crippen LogP) is 3.33. The Hall–Kier alpha value is -1.22. The van der Waals surface area contributed by atoms with E-state index in [9.17, 15) is 4.79 Å². The zero-order valence-electron chi connectivity index (χ0n) is 9.50. The summed E-state index contributed by atoms with van der Waals surface area (Å²) in [5, 5.41) is 0.0584. The van der Waals surface area contributed by atoms with Gasteiger partial charge in [-0.05, 0) is 30.0 Å². The number of hydrogen-bond donors (Lipinski definition) is 2. The van der Waals surface area contributed by atoms with Gasteiger partial charge in [-0.2, -0.15) is 0 Å². The largest absolute Gasteiger partial charge is 0.323 e. The van der Waals surface area contributed by atoms with Crippen molar-refractivity contribution in [3.05, 3.63) is 34.2 Å². The van der Waals surface area contributed by atoms with Crippen molar-refractivity contribution in [3.63, 3.8) is 0 Å². The molecule has 0 radical (unpaired) electrons. The molecule has 17 heavy (non-hydrogen) atoms. The first-order chi connectivity index (χ1) is 8.22. The molecule has 4 heteroatoms. The average molecular weight is 251 g/mol. The number of fused-ring (bicyclic) bond motifs is 1. The molecule has 2 N–H and O–H groups in total. The second-order valence-corrected chi connectivity index (χ2v) is 5.41. The fourth-order valence-electron chi connectivity index (χ4n) is 2.40. The SMILES string of the molecule is O=c1[nH]c2ccc(C(Cl)CC3CCC3)cc2[nH]1. The van der Waals surface area contributed by atoms with Gasteiger partial charge in [0.05, 0.1) is 16.4 Å². The number of aromatic amines is 2. The summed E-state index contributed by atoms with van der Waals surface area (Å²) in [6.07, 6.45) is 5.01. The number of rotatable bonds is 3. The molecule has 0 bridgehead atoms. The summed E-state index contributed by atoms with van der Waals surface area (Å²) in [6.45, 7) is 0. The molecule has 2 aromatic rings. The highest BCUT2D eigenvalue weighted by Gasteiger charge is 2.22. The lowest BCUT2D eigenvalue weighted by Gasteiger charge is -2.27. The number of imidazole rings is 1. The maximum atomic E-state index is 11.2. The molecule has 3 nitrogen and oxygen atoms in total. The van der Waals surface area contributed by atoms with E-state index in [1.807, 2.05) is 18.2 Å². The summed E-state index contributed by atoms with van der Waals surface area (Å²) in [7, 11) is 0. The summed E-state index contributed by atoms with van der Waals surface area (Å²) >= 11 is 6.42. The number of halogens is 1. The van der Waals surface area contributed by atoms with Crippen LogP contribution >= 0.6 is 11.6 Å². The minimum absolute atomic E-state index is 0.0584. The molecule has 0 saturated heterocycles. The van der Waals surface area contributed by atoms with Crippen molar-refractivity contribution in [2.24, 2.45) is 5.92 Å². The Kier molecular flexibility index (Phi) is 2.71. The van der Waals surface area contributed by atoms with Crippen molar-refractivity contribution >= 4 is 22.6 Å². The monoisotopic (exact) mass is 250 g/mol. The number of benzene rings is 1. The van der Waals surface area contributed by atoms with Gasteiger partial charge in [0.15, 0.2) is 0 Å². The lowest BCUT2D eigenvalue weighted by molar-refractivity contribution is 0.293. The van der Waals surface area contributed by atoms with Gasteiger partial charge in [0.25, 0.3) is 0 Å². The molecule has 1 saturated carbocycles. The van der Waals surface area contributed by atoms with Gasteiger partial charge in [0.1, 0.15) is 0 Å². The third-order valence-corrected chi connectivity index (χ3v) is 4.10. The molecule has 1 aromatic carbocycles. The van der Waals surface area contributed by atoms with Crippen LogP contribution in [-0.4, -0.2) is 9.97 Å². The van der Waals surface area contributed by atoms with Gasteiger partial charge in [-0.3, -0.25) is 0 Å². The molecule has 90 valence electrons.